The first-order chi connectivity index (χ1) is 7.98. The summed E-state index contributed by atoms with van der Waals surface area (Å²) in [5.74, 6) is 0. The Morgan fingerprint density at radius 2 is 1.59 bits per heavy atom. The van der Waals surface area contributed by atoms with E-state index in [9.17, 15) is 4.57 Å². The summed E-state index contributed by atoms with van der Waals surface area (Å²) in [6.45, 7) is 3.49. The Hall–Kier alpha value is -1.53. The van der Waals surface area contributed by atoms with Gasteiger partial charge in [-0.15, -0.1) is 0 Å². The fourth-order valence-electron chi connectivity index (χ4n) is 1.82. The predicted octanol–water partition coefficient (Wildman–Crippen LogP) is 3.18. The highest BCUT2D eigenvalue weighted by atomic mass is 31.2. The highest BCUT2D eigenvalue weighted by Crippen LogP contribution is 2.38. The van der Waals surface area contributed by atoms with Crippen molar-refractivity contribution < 1.29 is 4.57 Å². The Morgan fingerprint density at radius 1 is 0.941 bits per heavy atom. The molecule has 2 N–H and O–H groups in total. The van der Waals surface area contributed by atoms with Gasteiger partial charge in [-0.1, -0.05) is 36.4 Å². The number of hydrogen-bond donors (Lipinski definition) is 1. The largest absolute Gasteiger partial charge is 0.398 e. The molecule has 2 aromatic carbocycles. The van der Waals surface area contributed by atoms with E-state index in [2.05, 4.69) is 0 Å². The first-order valence-electron chi connectivity index (χ1n) is 5.49. The number of benzene rings is 2. The van der Waals surface area contributed by atoms with Gasteiger partial charge >= 0.3 is 0 Å². The molecule has 2 nitrogen and oxygen atoms in total. The number of nitrogen functional groups attached to an aromatic ring is 1. The topological polar surface area (TPSA) is 43.1 Å². The monoisotopic (exact) mass is 245 g/mol. The van der Waals surface area contributed by atoms with Crippen molar-refractivity contribution >= 4 is 18.1 Å². The summed E-state index contributed by atoms with van der Waals surface area (Å²) in [5, 5.41) is 0.763. The van der Waals surface area contributed by atoms with Gasteiger partial charge in [-0.2, -0.15) is 0 Å². The van der Waals surface area contributed by atoms with Crippen LogP contribution in [-0.4, -0.2) is 13.3 Å². The normalized spacial score (nSPS) is 11.4. The average Bonchev–Trinajstić information content (AvgIpc) is 2.29. The minimum absolute atomic E-state index is 0.609. The molecule has 0 aliphatic heterocycles. The van der Waals surface area contributed by atoms with Crippen LogP contribution in [-0.2, 0) is 4.57 Å². The van der Waals surface area contributed by atoms with E-state index in [0.717, 1.165) is 16.4 Å². The van der Waals surface area contributed by atoms with E-state index in [0.29, 0.717) is 5.69 Å². The Labute approximate surface area is 102 Å². The average molecular weight is 245 g/mol. The van der Waals surface area contributed by atoms with Crippen molar-refractivity contribution in [3.63, 3.8) is 0 Å². The molecule has 0 aliphatic rings. The Morgan fingerprint density at radius 3 is 2.18 bits per heavy atom. The van der Waals surface area contributed by atoms with E-state index < -0.39 is 7.14 Å². The van der Waals surface area contributed by atoms with E-state index in [1.165, 1.54) is 0 Å². The van der Waals surface area contributed by atoms with Crippen LogP contribution in [0.5, 0.6) is 0 Å². The summed E-state index contributed by atoms with van der Waals surface area (Å²) in [6, 6.07) is 15.8. The fraction of sp³-hybridized carbons (Fsp3) is 0.143. The third-order valence-electron chi connectivity index (χ3n) is 2.72. The van der Waals surface area contributed by atoms with Gasteiger partial charge in [-0.25, -0.2) is 0 Å². The summed E-state index contributed by atoms with van der Waals surface area (Å²) < 4.78 is 12.1. The molecule has 0 fully saturated rings. The van der Waals surface area contributed by atoms with Crippen LogP contribution in [0, 0.1) is 0 Å². The summed E-state index contributed by atoms with van der Waals surface area (Å²) in [7, 11) is -2.33. The molecule has 0 atom stereocenters. The lowest BCUT2D eigenvalue weighted by Gasteiger charge is -2.12. The van der Waals surface area contributed by atoms with E-state index in [1.54, 1.807) is 13.3 Å². The van der Waals surface area contributed by atoms with Crippen LogP contribution in [0.4, 0.5) is 5.69 Å². The molecule has 0 unspecified atom stereocenters. The van der Waals surface area contributed by atoms with Gasteiger partial charge in [0.2, 0.25) is 0 Å². The van der Waals surface area contributed by atoms with Crippen molar-refractivity contribution in [3.05, 3.63) is 48.5 Å². The highest BCUT2D eigenvalue weighted by molar-refractivity contribution is 7.70. The van der Waals surface area contributed by atoms with Gasteiger partial charge in [0.15, 0.2) is 0 Å². The number of nitrogens with two attached hydrogens (primary N) is 1. The molecule has 0 saturated carbocycles. The third-order valence-corrected chi connectivity index (χ3v) is 4.27. The smallest absolute Gasteiger partial charge is 0.111 e. The lowest BCUT2D eigenvalue weighted by Crippen LogP contribution is -2.09. The van der Waals surface area contributed by atoms with Crippen LogP contribution in [0.1, 0.15) is 0 Å². The van der Waals surface area contributed by atoms with Crippen LogP contribution >= 0.6 is 7.14 Å². The fourth-order valence-corrected chi connectivity index (χ4v) is 2.97. The summed E-state index contributed by atoms with van der Waals surface area (Å²) in [6.07, 6.45) is 0. The Bertz CT molecular complexity index is 572. The molecule has 3 heteroatoms. The molecule has 0 aromatic heterocycles. The van der Waals surface area contributed by atoms with Crippen LogP contribution in [0.2, 0.25) is 0 Å². The Balaban J connectivity index is 2.56. The van der Waals surface area contributed by atoms with Crippen LogP contribution in [0.15, 0.2) is 48.5 Å². The van der Waals surface area contributed by atoms with Crippen LogP contribution < -0.4 is 11.0 Å². The molecule has 0 bridgehead atoms. The lowest BCUT2D eigenvalue weighted by atomic mass is 10.1. The molecular formula is C14H16NOP. The lowest BCUT2D eigenvalue weighted by molar-refractivity contribution is 0.588. The third kappa shape index (κ3) is 2.59. The first-order valence-corrected chi connectivity index (χ1v) is 8.09. The zero-order valence-corrected chi connectivity index (χ0v) is 10.9. The predicted molar refractivity (Wildman–Crippen MR) is 75.4 cm³/mol. The summed E-state index contributed by atoms with van der Waals surface area (Å²) in [4.78, 5) is 0. The minimum Gasteiger partial charge on any atom is -0.398 e. The SMILES string of the molecule is CP(C)(=O)c1cc(-c2ccccc2)ccc1N. The molecule has 0 spiro atoms. The van der Waals surface area contributed by atoms with Crippen molar-refractivity contribution in [2.75, 3.05) is 19.1 Å². The maximum absolute atomic E-state index is 12.1. The zero-order chi connectivity index (χ0) is 12.5. The molecule has 0 radical (unpaired) electrons. The quantitative estimate of drug-likeness (QED) is 0.652. The van der Waals surface area contributed by atoms with Gasteiger partial charge in [0.25, 0.3) is 0 Å². The van der Waals surface area contributed by atoms with Crippen molar-refractivity contribution in [1.82, 2.24) is 0 Å². The van der Waals surface area contributed by atoms with Crippen molar-refractivity contribution in [1.29, 1.82) is 0 Å². The van der Waals surface area contributed by atoms with E-state index in [4.69, 9.17) is 5.73 Å². The molecule has 2 aromatic rings. The van der Waals surface area contributed by atoms with Crippen molar-refractivity contribution in [2.24, 2.45) is 0 Å². The molecule has 0 heterocycles. The van der Waals surface area contributed by atoms with Gasteiger partial charge in [0, 0.05) is 11.0 Å². The number of hydrogen-bond acceptors (Lipinski definition) is 2. The van der Waals surface area contributed by atoms with Gasteiger partial charge in [-0.3, -0.25) is 0 Å². The van der Waals surface area contributed by atoms with Crippen molar-refractivity contribution in [3.8, 4) is 11.1 Å². The van der Waals surface area contributed by atoms with E-state index in [-0.39, 0.29) is 0 Å². The second-order valence-corrected chi connectivity index (χ2v) is 7.67. The van der Waals surface area contributed by atoms with Gasteiger partial charge in [0.1, 0.15) is 7.14 Å². The second kappa shape index (κ2) is 4.38. The minimum atomic E-state index is -2.33. The first kappa shape index (κ1) is 11.9. The van der Waals surface area contributed by atoms with Crippen molar-refractivity contribution in [2.45, 2.75) is 0 Å². The maximum Gasteiger partial charge on any atom is 0.111 e. The molecule has 0 amide bonds. The van der Waals surface area contributed by atoms with E-state index >= 15 is 0 Å². The van der Waals surface area contributed by atoms with Gasteiger partial charge < -0.3 is 10.3 Å². The van der Waals surface area contributed by atoms with Gasteiger partial charge in [-0.05, 0) is 36.6 Å². The maximum atomic E-state index is 12.1. The summed E-state index contributed by atoms with van der Waals surface area (Å²) >= 11 is 0. The Kier molecular flexibility index (Phi) is 3.08. The van der Waals surface area contributed by atoms with Crippen LogP contribution in [0.25, 0.3) is 11.1 Å². The molecule has 0 aliphatic carbocycles. The standard InChI is InChI=1S/C14H16NOP/c1-17(2,16)14-10-12(8-9-13(14)15)11-6-4-3-5-7-11/h3-10H,15H2,1-2H3. The summed E-state index contributed by atoms with van der Waals surface area (Å²) in [5.41, 5.74) is 8.66. The molecule has 2 rings (SSSR count). The second-order valence-electron chi connectivity index (χ2n) is 4.49. The molecular weight excluding hydrogens is 229 g/mol. The van der Waals surface area contributed by atoms with E-state index in [1.807, 2.05) is 48.5 Å². The number of anilines is 1. The number of rotatable bonds is 2. The zero-order valence-electron chi connectivity index (χ0n) is 10.1. The molecule has 0 saturated heterocycles. The highest BCUT2D eigenvalue weighted by Gasteiger charge is 2.15. The molecule has 88 valence electrons. The van der Waals surface area contributed by atoms with Gasteiger partial charge in [0.05, 0.1) is 0 Å². The molecule has 17 heavy (non-hydrogen) atoms. The van der Waals surface area contributed by atoms with Crippen LogP contribution in [0.3, 0.4) is 0 Å².